The lowest BCUT2D eigenvalue weighted by atomic mass is 9.99. The van der Waals surface area contributed by atoms with Gasteiger partial charge in [-0.3, -0.25) is 9.79 Å². The largest absolute Gasteiger partial charge is 0.469 e. The van der Waals surface area contributed by atoms with Gasteiger partial charge < -0.3 is 19.9 Å². The van der Waals surface area contributed by atoms with Gasteiger partial charge in [-0.1, -0.05) is 20.8 Å². The van der Waals surface area contributed by atoms with Gasteiger partial charge in [-0.15, -0.1) is 0 Å². The molecule has 0 aliphatic carbocycles. The summed E-state index contributed by atoms with van der Waals surface area (Å²) in [5, 5.41) is 3.42. The standard InChI is InChI=1S/C17H34N4O2/c1-6-20(7-2)11-9-8-10-19-17(18-4)21-12-14(3)15(13-21)16(22)23-5/h14-15H,6-13H2,1-5H3,(H,18,19). The van der Waals surface area contributed by atoms with Crippen LogP contribution in [-0.4, -0.2) is 75.2 Å². The topological polar surface area (TPSA) is 57.2 Å². The average molecular weight is 326 g/mol. The van der Waals surface area contributed by atoms with Gasteiger partial charge in [0.25, 0.3) is 0 Å². The lowest BCUT2D eigenvalue weighted by Crippen LogP contribution is -2.41. The molecule has 2 unspecified atom stereocenters. The second kappa shape index (κ2) is 10.5. The zero-order valence-corrected chi connectivity index (χ0v) is 15.5. The van der Waals surface area contributed by atoms with Crippen molar-refractivity contribution >= 4 is 11.9 Å². The lowest BCUT2D eigenvalue weighted by Gasteiger charge is -2.22. The summed E-state index contributed by atoms with van der Waals surface area (Å²) in [5.41, 5.74) is 0. The van der Waals surface area contributed by atoms with Crippen LogP contribution in [0.5, 0.6) is 0 Å². The number of aliphatic imine (C=N–C) groups is 1. The molecule has 0 saturated carbocycles. The van der Waals surface area contributed by atoms with Crippen LogP contribution >= 0.6 is 0 Å². The molecule has 0 aromatic carbocycles. The third kappa shape index (κ3) is 6.01. The SMILES string of the molecule is CCN(CC)CCCCNC(=NC)N1CC(C)C(C(=O)OC)C1. The maximum atomic E-state index is 11.8. The van der Waals surface area contributed by atoms with Gasteiger partial charge in [-0.25, -0.2) is 0 Å². The van der Waals surface area contributed by atoms with E-state index in [2.05, 4.69) is 40.9 Å². The number of methoxy groups -OCH3 is 1. The van der Waals surface area contributed by atoms with E-state index in [0.29, 0.717) is 12.5 Å². The fraction of sp³-hybridized carbons (Fsp3) is 0.882. The van der Waals surface area contributed by atoms with Gasteiger partial charge in [-0.05, 0) is 38.4 Å². The monoisotopic (exact) mass is 326 g/mol. The normalized spacial score (nSPS) is 21.8. The Morgan fingerprint density at radius 1 is 1.30 bits per heavy atom. The number of hydrogen-bond acceptors (Lipinski definition) is 4. The van der Waals surface area contributed by atoms with Crippen LogP contribution in [0, 0.1) is 11.8 Å². The summed E-state index contributed by atoms with van der Waals surface area (Å²) in [6.07, 6.45) is 2.31. The van der Waals surface area contributed by atoms with Crippen molar-refractivity contribution < 1.29 is 9.53 Å². The predicted octanol–water partition coefficient (Wildman–Crippen LogP) is 1.42. The molecular weight excluding hydrogens is 292 g/mol. The summed E-state index contributed by atoms with van der Waals surface area (Å²) in [6.45, 7) is 12.3. The van der Waals surface area contributed by atoms with E-state index >= 15 is 0 Å². The molecule has 1 aliphatic rings. The summed E-state index contributed by atoms with van der Waals surface area (Å²) >= 11 is 0. The maximum absolute atomic E-state index is 11.8. The number of rotatable bonds is 8. The fourth-order valence-electron chi connectivity index (χ4n) is 3.13. The van der Waals surface area contributed by atoms with Crippen molar-refractivity contribution in [2.45, 2.75) is 33.6 Å². The molecule has 0 bridgehead atoms. The Bertz CT molecular complexity index is 383. The Kier molecular flexibility index (Phi) is 8.99. The molecule has 1 heterocycles. The number of nitrogens with zero attached hydrogens (tertiary/aromatic N) is 3. The third-order valence-corrected chi connectivity index (χ3v) is 4.71. The third-order valence-electron chi connectivity index (χ3n) is 4.71. The Labute approximate surface area is 141 Å². The molecule has 6 nitrogen and oxygen atoms in total. The summed E-state index contributed by atoms with van der Waals surface area (Å²) in [6, 6.07) is 0. The number of hydrogen-bond donors (Lipinski definition) is 1. The van der Waals surface area contributed by atoms with Crippen LogP contribution in [0.1, 0.15) is 33.6 Å². The minimum Gasteiger partial charge on any atom is -0.469 e. The number of carbonyl (C=O) groups excluding carboxylic acids is 1. The lowest BCUT2D eigenvalue weighted by molar-refractivity contribution is -0.145. The highest BCUT2D eigenvalue weighted by Gasteiger charge is 2.36. The number of likely N-dealkylation sites (tertiary alicyclic amines) is 1. The van der Waals surface area contributed by atoms with Gasteiger partial charge in [0, 0.05) is 26.7 Å². The Hall–Kier alpha value is -1.30. The minimum absolute atomic E-state index is 0.0544. The number of esters is 1. The molecule has 1 rings (SSSR count). The summed E-state index contributed by atoms with van der Waals surface area (Å²) in [4.78, 5) is 20.8. The molecule has 6 heteroatoms. The van der Waals surface area contributed by atoms with Crippen molar-refractivity contribution in [3.63, 3.8) is 0 Å². The molecule has 1 saturated heterocycles. The fourth-order valence-corrected chi connectivity index (χ4v) is 3.13. The second-order valence-electron chi connectivity index (χ2n) is 6.22. The van der Waals surface area contributed by atoms with Gasteiger partial charge in [0.05, 0.1) is 13.0 Å². The van der Waals surface area contributed by atoms with Crippen molar-refractivity contribution in [1.82, 2.24) is 15.1 Å². The first-order chi connectivity index (χ1) is 11.1. The molecule has 134 valence electrons. The van der Waals surface area contributed by atoms with E-state index in [0.717, 1.165) is 45.1 Å². The minimum atomic E-state index is -0.116. The zero-order valence-electron chi connectivity index (χ0n) is 15.5. The Morgan fingerprint density at radius 2 is 2.00 bits per heavy atom. The van der Waals surface area contributed by atoms with Crippen LogP contribution in [0.2, 0.25) is 0 Å². The van der Waals surface area contributed by atoms with Crippen LogP contribution in [0.15, 0.2) is 4.99 Å². The maximum Gasteiger partial charge on any atom is 0.310 e. The van der Waals surface area contributed by atoms with Crippen LogP contribution < -0.4 is 5.32 Å². The van der Waals surface area contributed by atoms with E-state index in [1.807, 2.05) is 0 Å². The molecule has 0 spiro atoms. The molecule has 0 amide bonds. The van der Waals surface area contributed by atoms with Crippen LogP contribution in [0.25, 0.3) is 0 Å². The molecule has 23 heavy (non-hydrogen) atoms. The van der Waals surface area contributed by atoms with E-state index in [4.69, 9.17) is 4.74 Å². The number of ether oxygens (including phenoxy) is 1. The number of nitrogens with one attached hydrogen (secondary N) is 1. The summed E-state index contributed by atoms with van der Waals surface area (Å²) in [7, 11) is 3.26. The number of unbranched alkanes of at least 4 members (excludes halogenated alkanes) is 1. The molecule has 1 N–H and O–H groups in total. The van der Waals surface area contributed by atoms with Crippen LogP contribution in [-0.2, 0) is 9.53 Å². The van der Waals surface area contributed by atoms with E-state index in [9.17, 15) is 4.79 Å². The second-order valence-corrected chi connectivity index (χ2v) is 6.22. The van der Waals surface area contributed by atoms with Crippen LogP contribution in [0.4, 0.5) is 0 Å². The quantitative estimate of drug-likeness (QED) is 0.316. The first-order valence-electron chi connectivity index (χ1n) is 8.83. The molecule has 1 aliphatic heterocycles. The van der Waals surface area contributed by atoms with E-state index < -0.39 is 0 Å². The summed E-state index contributed by atoms with van der Waals surface area (Å²) in [5.74, 6) is 1.02. The van der Waals surface area contributed by atoms with Crippen molar-refractivity contribution in [3.8, 4) is 0 Å². The average Bonchev–Trinajstić information content (AvgIpc) is 2.95. The highest BCUT2D eigenvalue weighted by molar-refractivity contribution is 5.82. The molecule has 0 aromatic heterocycles. The van der Waals surface area contributed by atoms with Gasteiger partial charge in [0.15, 0.2) is 5.96 Å². The van der Waals surface area contributed by atoms with E-state index in [1.165, 1.54) is 13.5 Å². The van der Waals surface area contributed by atoms with Gasteiger partial charge in [0.1, 0.15) is 0 Å². The Balaban J connectivity index is 2.34. The molecule has 1 fully saturated rings. The molecule has 0 aromatic rings. The predicted molar refractivity (Wildman–Crippen MR) is 94.6 cm³/mol. The summed E-state index contributed by atoms with van der Waals surface area (Å²) < 4.78 is 4.89. The zero-order chi connectivity index (χ0) is 17.2. The highest BCUT2D eigenvalue weighted by atomic mass is 16.5. The number of carbonyl (C=O) groups is 1. The first kappa shape index (κ1) is 19.7. The molecule has 2 atom stereocenters. The van der Waals surface area contributed by atoms with Crippen molar-refractivity contribution in [3.05, 3.63) is 0 Å². The molecule has 0 radical (unpaired) electrons. The van der Waals surface area contributed by atoms with Crippen molar-refractivity contribution in [2.24, 2.45) is 16.8 Å². The van der Waals surface area contributed by atoms with Gasteiger partial charge in [0.2, 0.25) is 0 Å². The Morgan fingerprint density at radius 3 is 2.57 bits per heavy atom. The van der Waals surface area contributed by atoms with Gasteiger partial charge >= 0.3 is 5.97 Å². The molecular formula is C17H34N4O2. The van der Waals surface area contributed by atoms with Crippen molar-refractivity contribution in [1.29, 1.82) is 0 Å². The van der Waals surface area contributed by atoms with E-state index in [-0.39, 0.29) is 11.9 Å². The number of guanidine groups is 1. The first-order valence-corrected chi connectivity index (χ1v) is 8.83. The smallest absolute Gasteiger partial charge is 0.310 e. The highest BCUT2D eigenvalue weighted by Crippen LogP contribution is 2.23. The van der Waals surface area contributed by atoms with Gasteiger partial charge in [-0.2, -0.15) is 0 Å². The van der Waals surface area contributed by atoms with E-state index in [1.54, 1.807) is 7.05 Å². The van der Waals surface area contributed by atoms with Crippen molar-refractivity contribution in [2.75, 3.05) is 53.4 Å². The van der Waals surface area contributed by atoms with Crippen LogP contribution in [0.3, 0.4) is 0 Å².